The Labute approximate surface area is 145 Å². The third-order valence-electron chi connectivity index (χ3n) is 3.71. The largest absolute Gasteiger partial charge is 0.414 e. The summed E-state index contributed by atoms with van der Waals surface area (Å²) in [6.07, 6.45) is -0.0121. The molecule has 1 amide bonds. The average molecular weight is 382 g/mol. The SMILES string of the molecule is C[C@@H](CC(=O)N[S@](=O)c1ccc(Cl)s1)O[Si](C)(C)C(C)(C)C. The highest BCUT2D eigenvalue weighted by molar-refractivity contribution is 7.86. The molecule has 0 saturated heterocycles. The Bertz CT molecular complexity index is 555. The predicted molar refractivity (Wildman–Crippen MR) is 96.2 cm³/mol. The third-order valence-corrected chi connectivity index (χ3v) is 11.0. The van der Waals surface area contributed by atoms with E-state index in [1.54, 1.807) is 12.1 Å². The Balaban J connectivity index is 2.53. The third kappa shape index (κ3) is 5.77. The molecule has 0 fully saturated rings. The Morgan fingerprint density at radius 1 is 1.45 bits per heavy atom. The molecule has 0 aliphatic rings. The summed E-state index contributed by atoms with van der Waals surface area (Å²) in [4.78, 5) is 12.0. The summed E-state index contributed by atoms with van der Waals surface area (Å²) < 4.78 is 21.7. The molecule has 2 atom stereocenters. The lowest BCUT2D eigenvalue weighted by molar-refractivity contribution is -0.120. The fraction of sp³-hybridized carbons (Fsp3) is 0.643. The number of hydrogen-bond acceptors (Lipinski definition) is 4. The normalized spacial score (nSPS) is 15.4. The minimum Gasteiger partial charge on any atom is -0.414 e. The van der Waals surface area contributed by atoms with Gasteiger partial charge in [-0.15, -0.1) is 11.3 Å². The van der Waals surface area contributed by atoms with Crippen LogP contribution in [0.2, 0.25) is 22.5 Å². The van der Waals surface area contributed by atoms with Crippen LogP contribution < -0.4 is 4.72 Å². The van der Waals surface area contributed by atoms with Crippen LogP contribution in [0.15, 0.2) is 16.3 Å². The standard InChI is InChI=1S/C14H24ClNO3S2Si/c1-10(19-22(5,6)14(2,3)4)9-12(17)16-21(18)13-8-7-11(15)20-13/h7-8,10H,9H2,1-6H3,(H,16,17)/t10-,21+/m0/s1. The van der Waals surface area contributed by atoms with Gasteiger partial charge in [0.15, 0.2) is 19.3 Å². The lowest BCUT2D eigenvalue weighted by atomic mass is 10.2. The highest BCUT2D eigenvalue weighted by Gasteiger charge is 2.38. The zero-order chi connectivity index (χ0) is 17.1. The smallest absolute Gasteiger partial charge is 0.234 e. The van der Waals surface area contributed by atoms with Crippen molar-refractivity contribution >= 4 is 48.1 Å². The van der Waals surface area contributed by atoms with Crippen molar-refractivity contribution in [1.82, 2.24) is 4.72 Å². The molecule has 1 heterocycles. The van der Waals surface area contributed by atoms with Crippen molar-refractivity contribution < 1.29 is 13.4 Å². The molecule has 1 rings (SSSR count). The molecule has 4 nitrogen and oxygen atoms in total. The second kappa shape index (κ2) is 7.57. The van der Waals surface area contributed by atoms with Gasteiger partial charge in [0.05, 0.1) is 16.9 Å². The molecule has 0 spiro atoms. The molecule has 0 bridgehead atoms. The molecule has 8 heteroatoms. The van der Waals surface area contributed by atoms with Gasteiger partial charge in [0, 0.05) is 0 Å². The van der Waals surface area contributed by atoms with Crippen molar-refractivity contribution in [2.75, 3.05) is 0 Å². The number of carbonyl (C=O) groups excluding carboxylic acids is 1. The topological polar surface area (TPSA) is 55.4 Å². The van der Waals surface area contributed by atoms with E-state index in [4.69, 9.17) is 16.0 Å². The first-order valence-electron chi connectivity index (χ1n) is 7.07. The molecule has 1 aromatic rings. The molecule has 0 unspecified atom stereocenters. The van der Waals surface area contributed by atoms with Gasteiger partial charge in [-0.3, -0.25) is 9.52 Å². The van der Waals surface area contributed by atoms with Crippen LogP contribution in [0, 0.1) is 0 Å². The molecule has 0 saturated carbocycles. The van der Waals surface area contributed by atoms with Crippen LogP contribution in [0.5, 0.6) is 0 Å². The summed E-state index contributed by atoms with van der Waals surface area (Å²) in [5.74, 6) is -0.283. The number of amides is 1. The summed E-state index contributed by atoms with van der Waals surface area (Å²) in [5.41, 5.74) is 0. The summed E-state index contributed by atoms with van der Waals surface area (Å²) in [7, 11) is -3.47. The summed E-state index contributed by atoms with van der Waals surface area (Å²) in [6, 6.07) is 3.31. The minimum atomic E-state index is -1.91. The Morgan fingerprint density at radius 3 is 2.50 bits per heavy atom. The van der Waals surface area contributed by atoms with E-state index in [-0.39, 0.29) is 23.5 Å². The minimum absolute atomic E-state index is 0.0915. The number of thiophene rings is 1. The zero-order valence-electron chi connectivity index (χ0n) is 13.9. The van der Waals surface area contributed by atoms with E-state index in [1.807, 2.05) is 6.92 Å². The molecule has 1 aromatic heterocycles. The van der Waals surface area contributed by atoms with Crippen LogP contribution in [-0.2, 0) is 20.2 Å². The molecule has 126 valence electrons. The van der Waals surface area contributed by atoms with Gasteiger partial charge >= 0.3 is 0 Å². The molecule has 0 radical (unpaired) electrons. The fourth-order valence-electron chi connectivity index (χ4n) is 1.58. The van der Waals surface area contributed by atoms with Gasteiger partial charge in [-0.1, -0.05) is 32.4 Å². The van der Waals surface area contributed by atoms with Crippen molar-refractivity contribution in [3.05, 3.63) is 16.5 Å². The maximum Gasteiger partial charge on any atom is 0.234 e. The highest BCUT2D eigenvalue weighted by atomic mass is 35.5. The van der Waals surface area contributed by atoms with E-state index in [1.165, 1.54) is 11.3 Å². The quantitative estimate of drug-likeness (QED) is 0.745. The predicted octanol–water partition coefficient (Wildman–Crippen LogP) is 4.34. The lowest BCUT2D eigenvalue weighted by Crippen LogP contribution is -2.44. The molecule has 22 heavy (non-hydrogen) atoms. The van der Waals surface area contributed by atoms with Crippen molar-refractivity contribution in [2.24, 2.45) is 0 Å². The van der Waals surface area contributed by atoms with Crippen molar-refractivity contribution in [1.29, 1.82) is 0 Å². The number of nitrogens with one attached hydrogen (secondary N) is 1. The molecule has 0 aliphatic heterocycles. The zero-order valence-corrected chi connectivity index (χ0v) is 17.2. The first kappa shape index (κ1) is 19.8. The highest BCUT2D eigenvalue weighted by Crippen LogP contribution is 2.37. The van der Waals surface area contributed by atoms with Crippen molar-refractivity contribution in [2.45, 2.75) is 62.6 Å². The first-order valence-corrected chi connectivity index (χ1v) is 12.3. The second-order valence-electron chi connectivity index (χ2n) is 6.75. The Morgan fingerprint density at radius 2 is 2.05 bits per heavy atom. The second-order valence-corrected chi connectivity index (χ2v) is 14.7. The number of hydrogen-bond donors (Lipinski definition) is 1. The average Bonchev–Trinajstić information content (AvgIpc) is 2.72. The van der Waals surface area contributed by atoms with Crippen LogP contribution in [0.25, 0.3) is 0 Å². The fourth-order valence-corrected chi connectivity index (χ4v) is 5.21. The van der Waals surface area contributed by atoms with Crippen LogP contribution in [-0.4, -0.2) is 24.5 Å². The molecular weight excluding hydrogens is 358 g/mol. The molecule has 1 N–H and O–H groups in total. The van der Waals surface area contributed by atoms with E-state index in [0.29, 0.717) is 8.55 Å². The van der Waals surface area contributed by atoms with Gasteiger partial charge < -0.3 is 4.43 Å². The Hall–Kier alpha value is -0.213. The summed E-state index contributed by atoms with van der Waals surface area (Å²) in [5, 5.41) is 0.0915. The van der Waals surface area contributed by atoms with Crippen molar-refractivity contribution in [3.63, 3.8) is 0 Å². The summed E-state index contributed by atoms with van der Waals surface area (Å²) >= 11 is 6.99. The first-order chi connectivity index (χ1) is 9.92. The van der Waals surface area contributed by atoms with Crippen LogP contribution in [0.3, 0.4) is 0 Å². The van der Waals surface area contributed by atoms with E-state index in [2.05, 4.69) is 38.6 Å². The van der Waals surface area contributed by atoms with E-state index in [0.717, 1.165) is 0 Å². The van der Waals surface area contributed by atoms with Crippen LogP contribution in [0.4, 0.5) is 0 Å². The van der Waals surface area contributed by atoms with Gasteiger partial charge in [-0.2, -0.15) is 0 Å². The van der Waals surface area contributed by atoms with E-state index < -0.39 is 19.3 Å². The maximum atomic E-state index is 12.0. The monoisotopic (exact) mass is 381 g/mol. The van der Waals surface area contributed by atoms with E-state index in [9.17, 15) is 9.00 Å². The number of halogens is 1. The van der Waals surface area contributed by atoms with Crippen molar-refractivity contribution in [3.8, 4) is 0 Å². The number of carbonyl (C=O) groups is 1. The van der Waals surface area contributed by atoms with E-state index >= 15 is 0 Å². The molecule has 0 aromatic carbocycles. The Kier molecular flexibility index (Phi) is 6.83. The lowest BCUT2D eigenvalue weighted by Gasteiger charge is -2.38. The number of rotatable bonds is 6. The van der Waals surface area contributed by atoms with Gasteiger partial charge in [-0.25, -0.2) is 4.21 Å². The summed E-state index contributed by atoms with van der Waals surface area (Å²) in [6.45, 7) is 12.6. The van der Waals surface area contributed by atoms with Gasteiger partial charge in [-0.05, 0) is 37.2 Å². The van der Waals surface area contributed by atoms with Gasteiger partial charge in [0.2, 0.25) is 5.91 Å². The maximum absolute atomic E-state index is 12.0. The van der Waals surface area contributed by atoms with Gasteiger partial charge in [0.25, 0.3) is 0 Å². The van der Waals surface area contributed by atoms with Gasteiger partial charge in [0.1, 0.15) is 4.21 Å². The molecular formula is C14H24ClNO3S2Si. The van der Waals surface area contributed by atoms with Crippen LogP contribution in [0.1, 0.15) is 34.1 Å². The molecule has 0 aliphatic carbocycles. The van der Waals surface area contributed by atoms with Crippen LogP contribution >= 0.6 is 22.9 Å².